The number of nitrogens with zero attached hydrogens (tertiary/aromatic N) is 4. The summed E-state index contributed by atoms with van der Waals surface area (Å²) in [5.74, 6) is 0.266. The number of hydrogen-bond acceptors (Lipinski definition) is 6. The van der Waals surface area contributed by atoms with Gasteiger partial charge in [-0.1, -0.05) is 54.6 Å². The highest BCUT2D eigenvalue weighted by Crippen LogP contribution is 2.20. The van der Waals surface area contributed by atoms with E-state index in [9.17, 15) is 13.2 Å². The number of likely N-dealkylation sites (tertiary alicyclic amines) is 1. The van der Waals surface area contributed by atoms with E-state index in [2.05, 4.69) is 20.5 Å². The van der Waals surface area contributed by atoms with Crippen LogP contribution in [0.25, 0.3) is 0 Å². The number of carbonyl (C=O) groups is 1. The van der Waals surface area contributed by atoms with Gasteiger partial charge in [0.15, 0.2) is 15.5 Å². The summed E-state index contributed by atoms with van der Waals surface area (Å²) in [7, 11) is -3.17. The lowest BCUT2D eigenvalue weighted by molar-refractivity contribution is 0.0929. The van der Waals surface area contributed by atoms with Gasteiger partial charge in [0.05, 0.1) is 17.1 Å². The number of carbonyl (C=O) groups excluding carboxylic acids is 1. The first-order valence-electron chi connectivity index (χ1n) is 12.1. The fourth-order valence-electron chi connectivity index (χ4n) is 4.51. The Balaban J connectivity index is 1.25. The number of rotatable bonds is 9. The van der Waals surface area contributed by atoms with Crippen LogP contribution in [-0.2, 0) is 29.3 Å². The standard InChI is InChI=1S/C26H33N5O3S/c1-3-24-25(28-29-31(24)19-21-7-5-4-6-8-21)26(32)27-17-20-13-15-30(16-14-20)18-22-9-11-23(12-10-22)35(2,33)34/h4-12,20H,3,13-19H2,1-2H3,(H,27,32). The number of hydrogen-bond donors (Lipinski definition) is 1. The van der Waals surface area contributed by atoms with Gasteiger partial charge in [-0.15, -0.1) is 5.10 Å². The maximum absolute atomic E-state index is 12.9. The molecule has 0 saturated carbocycles. The van der Waals surface area contributed by atoms with E-state index in [0.29, 0.717) is 36.0 Å². The Hall–Kier alpha value is -3.04. The predicted molar refractivity (Wildman–Crippen MR) is 135 cm³/mol. The van der Waals surface area contributed by atoms with Crippen molar-refractivity contribution in [2.45, 2.75) is 44.2 Å². The molecule has 2 aromatic carbocycles. The minimum atomic E-state index is -3.17. The molecule has 0 bridgehead atoms. The lowest BCUT2D eigenvalue weighted by atomic mass is 9.96. The molecule has 1 aromatic heterocycles. The van der Waals surface area contributed by atoms with Gasteiger partial charge in [0.25, 0.3) is 5.91 Å². The van der Waals surface area contributed by atoms with E-state index in [-0.39, 0.29) is 5.91 Å². The van der Waals surface area contributed by atoms with Gasteiger partial charge in [-0.05, 0) is 61.5 Å². The van der Waals surface area contributed by atoms with E-state index in [1.807, 2.05) is 54.1 Å². The van der Waals surface area contributed by atoms with Crippen molar-refractivity contribution in [3.63, 3.8) is 0 Å². The van der Waals surface area contributed by atoms with E-state index < -0.39 is 9.84 Å². The molecule has 1 saturated heterocycles. The highest BCUT2D eigenvalue weighted by atomic mass is 32.2. The topological polar surface area (TPSA) is 97.2 Å². The third-order valence-corrected chi connectivity index (χ3v) is 7.71. The maximum atomic E-state index is 12.9. The van der Waals surface area contributed by atoms with Crippen LogP contribution in [0.2, 0.25) is 0 Å². The maximum Gasteiger partial charge on any atom is 0.273 e. The normalized spacial score (nSPS) is 15.3. The van der Waals surface area contributed by atoms with E-state index in [4.69, 9.17) is 0 Å². The average molecular weight is 496 g/mol. The predicted octanol–water partition coefficient (Wildman–Crippen LogP) is 2.93. The second-order valence-electron chi connectivity index (χ2n) is 9.23. The lowest BCUT2D eigenvalue weighted by Crippen LogP contribution is -2.38. The summed E-state index contributed by atoms with van der Waals surface area (Å²) in [5.41, 5.74) is 3.49. The van der Waals surface area contributed by atoms with Crippen molar-refractivity contribution < 1.29 is 13.2 Å². The Labute approximate surface area is 207 Å². The van der Waals surface area contributed by atoms with Crippen molar-refractivity contribution in [3.05, 3.63) is 77.1 Å². The lowest BCUT2D eigenvalue weighted by Gasteiger charge is -2.32. The molecule has 186 valence electrons. The molecule has 9 heteroatoms. The zero-order valence-electron chi connectivity index (χ0n) is 20.4. The molecule has 1 N–H and O–H groups in total. The Morgan fingerprint density at radius 3 is 2.29 bits per heavy atom. The van der Waals surface area contributed by atoms with Gasteiger partial charge in [0, 0.05) is 19.3 Å². The minimum Gasteiger partial charge on any atom is -0.350 e. The van der Waals surface area contributed by atoms with Crippen LogP contribution < -0.4 is 5.32 Å². The Morgan fingerprint density at radius 2 is 1.66 bits per heavy atom. The van der Waals surface area contributed by atoms with Crippen LogP contribution in [0.5, 0.6) is 0 Å². The molecular formula is C26H33N5O3S. The number of piperidine rings is 1. The van der Waals surface area contributed by atoms with Crippen LogP contribution in [0.4, 0.5) is 0 Å². The molecule has 0 radical (unpaired) electrons. The molecule has 1 fully saturated rings. The van der Waals surface area contributed by atoms with Crippen LogP contribution in [0, 0.1) is 5.92 Å². The van der Waals surface area contributed by atoms with Gasteiger partial charge >= 0.3 is 0 Å². The van der Waals surface area contributed by atoms with Crippen LogP contribution in [0.1, 0.15) is 47.1 Å². The SMILES string of the molecule is CCc1c(C(=O)NCC2CCN(Cc3ccc(S(C)(=O)=O)cc3)CC2)nnn1Cc1ccccc1. The molecule has 0 aliphatic carbocycles. The summed E-state index contributed by atoms with van der Waals surface area (Å²) in [4.78, 5) is 15.6. The number of amides is 1. The fraction of sp³-hybridized carbons (Fsp3) is 0.423. The molecule has 8 nitrogen and oxygen atoms in total. The summed E-state index contributed by atoms with van der Waals surface area (Å²) >= 11 is 0. The van der Waals surface area contributed by atoms with Crippen LogP contribution in [0.3, 0.4) is 0 Å². The molecule has 1 amide bonds. The third kappa shape index (κ3) is 6.55. The molecule has 2 heterocycles. The Bertz CT molecular complexity index is 1230. The van der Waals surface area contributed by atoms with E-state index in [1.165, 1.54) is 6.26 Å². The first-order valence-corrected chi connectivity index (χ1v) is 14.0. The smallest absolute Gasteiger partial charge is 0.273 e. The number of nitrogens with one attached hydrogen (secondary N) is 1. The zero-order chi connectivity index (χ0) is 24.8. The molecular weight excluding hydrogens is 462 g/mol. The van der Waals surface area contributed by atoms with Crippen LogP contribution in [-0.4, -0.2) is 60.1 Å². The van der Waals surface area contributed by atoms with Gasteiger partial charge < -0.3 is 5.32 Å². The summed E-state index contributed by atoms with van der Waals surface area (Å²) in [6.45, 7) is 5.93. The first kappa shape index (κ1) is 25.1. The number of benzene rings is 2. The van der Waals surface area contributed by atoms with Gasteiger partial charge in [-0.25, -0.2) is 13.1 Å². The van der Waals surface area contributed by atoms with Gasteiger partial charge in [-0.3, -0.25) is 9.69 Å². The molecule has 0 spiro atoms. The Kier molecular flexibility index (Phi) is 7.97. The molecule has 35 heavy (non-hydrogen) atoms. The third-order valence-electron chi connectivity index (χ3n) is 6.58. The zero-order valence-corrected chi connectivity index (χ0v) is 21.2. The molecule has 1 aliphatic heterocycles. The highest BCUT2D eigenvalue weighted by Gasteiger charge is 2.23. The van der Waals surface area contributed by atoms with Crippen molar-refractivity contribution in [1.29, 1.82) is 0 Å². The van der Waals surface area contributed by atoms with Crippen molar-refractivity contribution in [2.24, 2.45) is 5.92 Å². The fourth-order valence-corrected chi connectivity index (χ4v) is 5.14. The summed E-state index contributed by atoms with van der Waals surface area (Å²) in [5, 5.41) is 11.5. The van der Waals surface area contributed by atoms with Crippen molar-refractivity contribution in [2.75, 3.05) is 25.9 Å². The summed E-state index contributed by atoms with van der Waals surface area (Å²) in [6.07, 6.45) is 3.92. The summed E-state index contributed by atoms with van der Waals surface area (Å²) < 4.78 is 25.1. The number of sulfone groups is 1. The van der Waals surface area contributed by atoms with Gasteiger partial charge in [-0.2, -0.15) is 0 Å². The van der Waals surface area contributed by atoms with Gasteiger partial charge in [0.2, 0.25) is 0 Å². The Morgan fingerprint density at radius 1 is 1.00 bits per heavy atom. The molecule has 3 aromatic rings. The van der Waals surface area contributed by atoms with Crippen LogP contribution in [0.15, 0.2) is 59.5 Å². The molecule has 0 unspecified atom stereocenters. The molecule has 4 rings (SSSR count). The van der Waals surface area contributed by atoms with E-state index in [0.717, 1.165) is 49.3 Å². The monoisotopic (exact) mass is 495 g/mol. The quantitative estimate of drug-likeness (QED) is 0.490. The van der Waals surface area contributed by atoms with E-state index in [1.54, 1.807) is 12.1 Å². The minimum absolute atomic E-state index is 0.158. The van der Waals surface area contributed by atoms with Crippen molar-refractivity contribution in [3.8, 4) is 0 Å². The summed E-state index contributed by atoms with van der Waals surface area (Å²) in [6, 6.07) is 17.2. The van der Waals surface area contributed by atoms with E-state index >= 15 is 0 Å². The van der Waals surface area contributed by atoms with Gasteiger partial charge in [0.1, 0.15) is 0 Å². The molecule has 1 aliphatic rings. The number of aromatic nitrogens is 3. The second-order valence-corrected chi connectivity index (χ2v) is 11.2. The van der Waals surface area contributed by atoms with Crippen molar-refractivity contribution >= 4 is 15.7 Å². The van der Waals surface area contributed by atoms with Crippen molar-refractivity contribution in [1.82, 2.24) is 25.2 Å². The second kappa shape index (κ2) is 11.1. The average Bonchev–Trinajstić information content (AvgIpc) is 3.26. The largest absolute Gasteiger partial charge is 0.350 e. The highest BCUT2D eigenvalue weighted by molar-refractivity contribution is 7.90. The molecule has 0 atom stereocenters. The first-order chi connectivity index (χ1) is 16.8. The van der Waals surface area contributed by atoms with Crippen LogP contribution >= 0.6 is 0 Å².